The summed E-state index contributed by atoms with van der Waals surface area (Å²) in [6.45, 7) is 6.07. The summed E-state index contributed by atoms with van der Waals surface area (Å²) in [4.78, 5) is 5.42. The van der Waals surface area contributed by atoms with Gasteiger partial charge in [0.05, 0.1) is 23.4 Å². The molecule has 0 aliphatic rings. The zero-order valence-electron chi connectivity index (χ0n) is 16.2. The third-order valence-corrected chi connectivity index (χ3v) is 7.12. The summed E-state index contributed by atoms with van der Waals surface area (Å²) in [5.74, 6) is 1.52. The summed E-state index contributed by atoms with van der Waals surface area (Å²) < 4.78 is 38.3. The van der Waals surface area contributed by atoms with E-state index in [1.807, 2.05) is 31.4 Å². The molecule has 3 aromatic rings. The van der Waals surface area contributed by atoms with E-state index < -0.39 is 10.0 Å². The van der Waals surface area contributed by atoms with Gasteiger partial charge < -0.3 is 9.26 Å². The number of methoxy groups -OCH3 is 1. The van der Waals surface area contributed by atoms with Crippen LogP contribution in [-0.2, 0) is 16.6 Å². The molecule has 0 unspecified atom stereocenters. The Labute approximate surface area is 169 Å². The first kappa shape index (κ1) is 20.5. The van der Waals surface area contributed by atoms with Gasteiger partial charge in [0.25, 0.3) is 0 Å². The Morgan fingerprint density at radius 3 is 2.68 bits per heavy atom. The van der Waals surface area contributed by atoms with Crippen molar-refractivity contribution < 1.29 is 17.7 Å². The Bertz CT molecular complexity index is 1030. The van der Waals surface area contributed by atoms with Crippen LogP contribution in [0.5, 0.6) is 5.75 Å². The van der Waals surface area contributed by atoms with E-state index in [1.165, 1.54) is 15.6 Å². The van der Waals surface area contributed by atoms with Gasteiger partial charge in [-0.1, -0.05) is 32.0 Å². The Morgan fingerprint density at radius 1 is 1.29 bits per heavy atom. The van der Waals surface area contributed by atoms with Crippen molar-refractivity contribution in [2.75, 3.05) is 13.7 Å². The fourth-order valence-electron chi connectivity index (χ4n) is 2.82. The minimum absolute atomic E-state index is 0.0141. The molecule has 0 spiro atoms. The van der Waals surface area contributed by atoms with Crippen molar-refractivity contribution in [1.82, 2.24) is 14.4 Å². The summed E-state index contributed by atoms with van der Waals surface area (Å²) in [5, 5.41) is 5.87. The Kier molecular flexibility index (Phi) is 6.17. The van der Waals surface area contributed by atoms with E-state index >= 15 is 0 Å². The fourth-order valence-corrected chi connectivity index (χ4v) is 4.90. The number of ether oxygens (including phenoxy) is 1. The topological polar surface area (TPSA) is 85.5 Å². The molecule has 0 aliphatic carbocycles. The number of rotatable bonds is 8. The van der Waals surface area contributed by atoms with E-state index in [9.17, 15) is 8.42 Å². The van der Waals surface area contributed by atoms with Crippen molar-refractivity contribution >= 4 is 21.4 Å². The van der Waals surface area contributed by atoms with Gasteiger partial charge >= 0.3 is 0 Å². The molecule has 0 radical (unpaired) electrons. The lowest BCUT2D eigenvalue weighted by Gasteiger charge is -2.20. The number of sulfonamides is 1. The Balaban J connectivity index is 1.88. The predicted molar refractivity (Wildman–Crippen MR) is 108 cm³/mol. The van der Waals surface area contributed by atoms with Crippen molar-refractivity contribution in [2.45, 2.75) is 38.1 Å². The van der Waals surface area contributed by atoms with Crippen molar-refractivity contribution in [2.24, 2.45) is 0 Å². The molecular formula is C19H23N3O4S2. The Hall–Kier alpha value is -2.23. The van der Waals surface area contributed by atoms with E-state index in [4.69, 9.17) is 9.26 Å². The zero-order chi connectivity index (χ0) is 20.3. The van der Waals surface area contributed by atoms with E-state index in [2.05, 4.69) is 10.1 Å². The third kappa shape index (κ3) is 4.11. The first-order valence-corrected chi connectivity index (χ1v) is 11.2. The summed E-state index contributed by atoms with van der Waals surface area (Å²) in [6, 6.07) is 8.71. The van der Waals surface area contributed by atoms with E-state index in [0.717, 1.165) is 10.4 Å². The highest BCUT2D eigenvalue weighted by atomic mass is 32.2. The largest absolute Gasteiger partial charge is 0.496 e. The monoisotopic (exact) mass is 421 g/mol. The molecule has 2 heterocycles. The van der Waals surface area contributed by atoms with Gasteiger partial charge in [0.15, 0.2) is 0 Å². The van der Waals surface area contributed by atoms with Crippen molar-refractivity contribution in [3.63, 3.8) is 0 Å². The van der Waals surface area contributed by atoms with Gasteiger partial charge in [0, 0.05) is 6.54 Å². The lowest BCUT2D eigenvalue weighted by atomic mass is 10.0. The van der Waals surface area contributed by atoms with Crippen molar-refractivity contribution in [1.29, 1.82) is 0 Å². The van der Waals surface area contributed by atoms with Crippen LogP contribution in [0.4, 0.5) is 0 Å². The molecule has 0 atom stereocenters. The Morgan fingerprint density at radius 2 is 2.07 bits per heavy atom. The lowest BCUT2D eigenvalue weighted by molar-refractivity contribution is 0.321. The maximum absolute atomic E-state index is 13.2. The summed E-state index contributed by atoms with van der Waals surface area (Å²) >= 11 is 1.50. The van der Waals surface area contributed by atoms with Gasteiger partial charge in [0.1, 0.15) is 5.75 Å². The highest BCUT2D eigenvalue weighted by Gasteiger charge is 2.27. The van der Waals surface area contributed by atoms with Crippen LogP contribution >= 0.6 is 11.3 Å². The molecule has 7 nitrogen and oxygen atoms in total. The number of thiophene rings is 1. The predicted octanol–water partition coefficient (Wildman–Crippen LogP) is 4.14. The standard InChI is InChI=1S/C19H23N3O4S2/c1-5-22(12-18-20-19(21-26-18)17-7-6-10-27-17)28(23,24)14-8-9-16(25-4)15(11-14)13(2)3/h6-11,13H,5,12H2,1-4H3. The molecule has 0 fully saturated rings. The molecule has 0 saturated carbocycles. The molecule has 0 bridgehead atoms. The van der Waals surface area contributed by atoms with Crippen LogP contribution in [0.3, 0.4) is 0 Å². The highest BCUT2D eigenvalue weighted by Crippen LogP contribution is 2.30. The molecule has 2 aromatic heterocycles. The molecule has 0 aliphatic heterocycles. The molecule has 9 heteroatoms. The summed E-state index contributed by atoms with van der Waals surface area (Å²) in [6.07, 6.45) is 0. The molecule has 0 saturated heterocycles. The maximum atomic E-state index is 13.2. The van der Waals surface area contributed by atoms with Gasteiger partial charge in [-0.05, 0) is 41.1 Å². The second kappa shape index (κ2) is 8.42. The average molecular weight is 422 g/mol. The number of aromatic nitrogens is 2. The molecule has 150 valence electrons. The van der Waals surface area contributed by atoms with Gasteiger partial charge in [0.2, 0.25) is 21.7 Å². The first-order chi connectivity index (χ1) is 13.4. The lowest BCUT2D eigenvalue weighted by Crippen LogP contribution is -2.30. The van der Waals surface area contributed by atoms with Gasteiger partial charge in [-0.15, -0.1) is 11.3 Å². The SMILES string of the molecule is CCN(Cc1nc(-c2cccs2)no1)S(=O)(=O)c1ccc(OC)c(C(C)C)c1. The molecule has 1 aromatic carbocycles. The van der Waals surface area contributed by atoms with Crippen LogP contribution in [0, 0.1) is 0 Å². The maximum Gasteiger partial charge on any atom is 0.243 e. The normalized spacial score (nSPS) is 12.1. The summed E-state index contributed by atoms with van der Waals surface area (Å²) in [5.41, 5.74) is 0.845. The molecule has 0 amide bonds. The molecule has 3 rings (SSSR count). The number of hydrogen-bond donors (Lipinski definition) is 0. The van der Waals surface area contributed by atoms with Crippen LogP contribution in [0.25, 0.3) is 10.7 Å². The molecular weight excluding hydrogens is 398 g/mol. The second-order valence-electron chi connectivity index (χ2n) is 6.48. The van der Waals surface area contributed by atoms with Crippen LogP contribution in [0.1, 0.15) is 38.1 Å². The number of hydrogen-bond acceptors (Lipinski definition) is 7. The third-order valence-electron chi connectivity index (χ3n) is 4.33. The van der Waals surface area contributed by atoms with Crippen LogP contribution in [-0.4, -0.2) is 36.5 Å². The van der Waals surface area contributed by atoms with Crippen LogP contribution in [0.2, 0.25) is 0 Å². The summed E-state index contributed by atoms with van der Waals surface area (Å²) in [7, 11) is -2.14. The van der Waals surface area contributed by atoms with Gasteiger partial charge in [-0.3, -0.25) is 0 Å². The minimum Gasteiger partial charge on any atom is -0.496 e. The fraction of sp³-hybridized carbons (Fsp3) is 0.368. The van der Waals surface area contributed by atoms with E-state index in [-0.39, 0.29) is 29.8 Å². The van der Waals surface area contributed by atoms with E-state index in [1.54, 1.807) is 32.2 Å². The first-order valence-electron chi connectivity index (χ1n) is 8.91. The average Bonchev–Trinajstić information content (AvgIpc) is 3.36. The van der Waals surface area contributed by atoms with Crippen molar-refractivity contribution in [3.05, 3.63) is 47.2 Å². The van der Waals surface area contributed by atoms with Crippen molar-refractivity contribution in [3.8, 4) is 16.5 Å². The van der Waals surface area contributed by atoms with Gasteiger partial charge in [-0.25, -0.2) is 8.42 Å². The van der Waals surface area contributed by atoms with Crippen LogP contribution < -0.4 is 4.74 Å². The number of nitrogens with zero attached hydrogens (tertiary/aromatic N) is 3. The minimum atomic E-state index is -3.72. The van der Waals surface area contributed by atoms with Gasteiger partial charge in [-0.2, -0.15) is 9.29 Å². The number of benzene rings is 1. The van der Waals surface area contributed by atoms with Crippen LogP contribution in [0.15, 0.2) is 45.1 Å². The highest BCUT2D eigenvalue weighted by molar-refractivity contribution is 7.89. The second-order valence-corrected chi connectivity index (χ2v) is 9.36. The zero-order valence-corrected chi connectivity index (χ0v) is 17.9. The molecule has 28 heavy (non-hydrogen) atoms. The molecule has 0 N–H and O–H groups in total. The quantitative estimate of drug-likeness (QED) is 0.543. The smallest absolute Gasteiger partial charge is 0.243 e. The van der Waals surface area contributed by atoms with E-state index in [0.29, 0.717) is 11.6 Å².